The van der Waals surface area contributed by atoms with Gasteiger partial charge in [0.1, 0.15) is 0 Å². The quantitative estimate of drug-likeness (QED) is 0.706. The Morgan fingerprint density at radius 3 is 2.86 bits per heavy atom. The standard InChI is InChI=1S/C10H20N2O2/c1-8-5-9(6-11)7-12(8)10(13)3-4-14-2/h8-9H,3-7,11H2,1-2H3. The van der Waals surface area contributed by atoms with Crippen LogP contribution in [0.3, 0.4) is 0 Å². The van der Waals surface area contributed by atoms with Crippen LogP contribution in [0, 0.1) is 5.92 Å². The number of carbonyl (C=O) groups is 1. The lowest BCUT2D eigenvalue weighted by Gasteiger charge is -2.21. The molecule has 4 nitrogen and oxygen atoms in total. The number of nitrogens with zero attached hydrogens (tertiary/aromatic N) is 1. The second kappa shape index (κ2) is 5.32. The molecular weight excluding hydrogens is 180 g/mol. The van der Waals surface area contributed by atoms with Gasteiger partial charge in [0, 0.05) is 19.7 Å². The van der Waals surface area contributed by atoms with E-state index in [0.717, 1.165) is 13.0 Å². The van der Waals surface area contributed by atoms with Gasteiger partial charge in [0.25, 0.3) is 0 Å². The van der Waals surface area contributed by atoms with Gasteiger partial charge in [-0.15, -0.1) is 0 Å². The molecule has 2 N–H and O–H groups in total. The predicted molar refractivity (Wildman–Crippen MR) is 54.8 cm³/mol. The molecule has 0 aliphatic carbocycles. The summed E-state index contributed by atoms with van der Waals surface area (Å²) in [5, 5.41) is 0. The Balaban J connectivity index is 2.40. The van der Waals surface area contributed by atoms with E-state index in [9.17, 15) is 4.79 Å². The van der Waals surface area contributed by atoms with E-state index in [1.807, 2.05) is 4.90 Å². The van der Waals surface area contributed by atoms with E-state index in [-0.39, 0.29) is 5.91 Å². The van der Waals surface area contributed by atoms with Gasteiger partial charge >= 0.3 is 0 Å². The molecule has 14 heavy (non-hydrogen) atoms. The number of ether oxygens (including phenoxy) is 1. The highest BCUT2D eigenvalue weighted by molar-refractivity contribution is 5.76. The molecule has 1 aliphatic heterocycles. The van der Waals surface area contributed by atoms with E-state index in [1.54, 1.807) is 7.11 Å². The van der Waals surface area contributed by atoms with Gasteiger partial charge in [0.15, 0.2) is 0 Å². The van der Waals surface area contributed by atoms with Crippen molar-refractivity contribution in [1.29, 1.82) is 0 Å². The molecule has 0 aromatic carbocycles. The lowest BCUT2D eigenvalue weighted by atomic mass is 10.1. The summed E-state index contributed by atoms with van der Waals surface area (Å²) in [6, 6.07) is 0.341. The Bertz CT molecular complexity index is 197. The molecule has 82 valence electrons. The van der Waals surface area contributed by atoms with Crippen molar-refractivity contribution in [1.82, 2.24) is 4.90 Å². The molecule has 2 unspecified atom stereocenters. The Kier molecular flexibility index (Phi) is 4.35. The van der Waals surface area contributed by atoms with Gasteiger partial charge in [-0.05, 0) is 25.8 Å². The van der Waals surface area contributed by atoms with Crippen molar-refractivity contribution in [2.24, 2.45) is 11.7 Å². The van der Waals surface area contributed by atoms with Crippen molar-refractivity contribution in [2.45, 2.75) is 25.8 Å². The number of carbonyl (C=O) groups excluding carboxylic acids is 1. The van der Waals surface area contributed by atoms with Gasteiger partial charge in [0.05, 0.1) is 13.0 Å². The fraction of sp³-hybridized carbons (Fsp3) is 0.900. The zero-order valence-electron chi connectivity index (χ0n) is 9.03. The summed E-state index contributed by atoms with van der Waals surface area (Å²) in [6.45, 7) is 4.09. The molecule has 0 spiro atoms. The third-order valence-corrected chi connectivity index (χ3v) is 2.84. The zero-order chi connectivity index (χ0) is 10.6. The van der Waals surface area contributed by atoms with Crippen molar-refractivity contribution in [3.8, 4) is 0 Å². The molecule has 1 aliphatic rings. The van der Waals surface area contributed by atoms with Crippen LogP contribution in [0.15, 0.2) is 0 Å². The molecule has 2 atom stereocenters. The first-order valence-electron chi connectivity index (χ1n) is 5.17. The number of amides is 1. The molecule has 0 bridgehead atoms. The predicted octanol–water partition coefficient (Wildman–Crippen LogP) is 0.219. The molecule has 0 radical (unpaired) electrons. The van der Waals surface area contributed by atoms with Crippen molar-refractivity contribution < 1.29 is 9.53 Å². The fourth-order valence-corrected chi connectivity index (χ4v) is 1.99. The highest BCUT2D eigenvalue weighted by Crippen LogP contribution is 2.22. The van der Waals surface area contributed by atoms with Crippen molar-refractivity contribution in [2.75, 3.05) is 26.8 Å². The average Bonchev–Trinajstić information content (AvgIpc) is 2.56. The number of nitrogens with two attached hydrogens (primary N) is 1. The molecule has 1 heterocycles. The molecule has 1 rings (SSSR count). The Hall–Kier alpha value is -0.610. The first-order valence-corrected chi connectivity index (χ1v) is 5.17. The summed E-state index contributed by atoms with van der Waals surface area (Å²) in [6.07, 6.45) is 1.52. The Morgan fingerprint density at radius 1 is 1.64 bits per heavy atom. The summed E-state index contributed by atoms with van der Waals surface area (Å²) >= 11 is 0. The van der Waals surface area contributed by atoms with Gasteiger partial charge in [-0.25, -0.2) is 0 Å². The van der Waals surface area contributed by atoms with Crippen molar-refractivity contribution in [3.05, 3.63) is 0 Å². The third kappa shape index (κ3) is 2.69. The van der Waals surface area contributed by atoms with Crippen LogP contribution in [0.4, 0.5) is 0 Å². The maximum absolute atomic E-state index is 11.7. The van der Waals surface area contributed by atoms with E-state index < -0.39 is 0 Å². The summed E-state index contributed by atoms with van der Waals surface area (Å²) in [7, 11) is 1.61. The van der Waals surface area contributed by atoms with Crippen LogP contribution in [0.2, 0.25) is 0 Å². The van der Waals surface area contributed by atoms with Crippen LogP contribution in [-0.4, -0.2) is 43.7 Å². The summed E-state index contributed by atoms with van der Waals surface area (Å²) in [4.78, 5) is 13.6. The van der Waals surface area contributed by atoms with Crippen LogP contribution in [0.1, 0.15) is 19.8 Å². The number of rotatable bonds is 4. The lowest BCUT2D eigenvalue weighted by Crippen LogP contribution is -2.34. The number of methoxy groups -OCH3 is 1. The molecular formula is C10H20N2O2. The molecule has 1 fully saturated rings. The lowest BCUT2D eigenvalue weighted by molar-refractivity contribution is -0.132. The van der Waals surface area contributed by atoms with E-state index in [4.69, 9.17) is 10.5 Å². The van der Waals surface area contributed by atoms with Gasteiger partial charge in [-0.2, -0.15) is 0 Å². The van der Waals surface area contributed by atoms with Gasteiger partial charge in [-0.3, -0.25) is 4.79 Å². The maximum Gasteiger partial charge on any atom is 0.225 e. The van der Waals surface area contributed by atoms with Crippen LogP contribution in [0.5, 0.6) is 0 Å². The minimum Gasteiger partial charge on any atom is -0.384 e. The van der Waals surface area contributed by atoms with Crippen molar-refractivity contribution in [3.63, 3.8) is 0 Å². The zero-order valence-corrected chi connectivity index (χ0v) is 9.03. The van der Waals surface area contributed by atoms with Crippen LogP contribution >= 0.6 is 0 Å². The first kappa shape index (κ1) is 11.5. The monoisotopic (exact) mass is 200 g/mol. The van der Waals surface area contributed by atoms with Crippen LogP contribution < -0.4 is 5.73 Å². The second-order valence-electron chi connectivity index (χ2n) is 3.98. The fourth-order valence-electron chi connectivity index (χ4n) is 1.99. The summed E-state index contributed by atoms with van der Waals surface area (Å²) in [5.74, 6) is 0.673. The Labute approximate surface area is 85.4 Å². The van der Waals surface area contributed by atoms with E-state index in [2.05, 4.69) is 6.92 Å². The highest BCUT2D eigenvalue weighted by Gasteiger charge is 2.30. The van der Waals surface area contributed by atoms with E-state index in [0.29, 0.717) is 31.5 Å². The van der Waals surface area contributed by atoms with Crippen molar-refractivity contribution >= 4 is 5.91 Å². The minimum atomic E-state index is 0.190. The topological polar surface area (TPSA) is 55.6 Å². The maximum atomic E-state index is 11.7. The number of likely N-dealkylation sites (tertiary alicyclic amines) is 1. The summed E-state index contributed by atoms with van der Waals surface area (Å²) < 4.78 is 4.89. The average molecular weight is 200 g/mol. The normalized spacial score (nSPS) is 26.9. The van der Waals surface area contributed by atoms with Gasteiger partial charge < -0.3 is 15.4 Å². The smallest absolute Gasteiger partial charge is 0.225 e. The van der Waals surface area contributed by atoms with E-state index in [1.165, 1.54) is 0 Å². The molecule has 0 aromatic rings. The summed E-state index contributed by atoms with van der Waals surface area (Å²) in [5.41, 5.74) is 5.60. The highest BCUT2D eigenvalue weighted by atomic mass is 16.5. The van der Waals surface area contributed by atoms with E-state index >= 15 is 0 Å². The van der Waals surface area contributed by atoms with Crippen LogP contribution in [0.25, 0.3) is 0 Å². The molecule has 1 amide bonds. The molecule has 0 aromatic heterocycles. The van der Waals surface area contributed by atoms with Gasteiger partial charge in [-0.1, -0.05) is 0 Å². The number of hydrogen-bond acceptors (Lipinski definition) is 3. The first-order chi connectivity index (χ1) is 6.69. The third-order valence-electron chi connectivity index (χ3n) is 2.84. The van der Waals surface area contributed by atoms with Crippen LogP contribution in [-0.2, 0) is 9.53 Å². The molecule has 0 saturated carbocycles. The number of hydrogen-bond donors (Lipinski definition) is 1. The second-order valence-corrected chi connectivity index (χ2v) is 3.98. The molecule has 4 heteroatoms. The minimum absolute atomic E-state index is 0.190. The van der Waals surface area contributed by atoms with Gasteiger partial charge in [0.2, 0.25) is 5.91 Å². The SMILES string of the molecule is COCCC(=O)N1CC(CN)CC1C. The largest absolute Gasteiger partial charge is 0.384 e. The molecule has 1 saturated heterocycles. The Morgan fingerprint density at radius 2 is 2.36 bits per heavy atom.